The van der Waals surface area contributed by atoms with E-state index in [1.807, 2.05) is 54.5 Å². The molecule has 2 unspecified atom stereocenters. The van der Waals surface area contributed by atoms with Crippen LogP contribution in [0.1, 0.15) is 49.4 Å². The maximum atomic E-state index is 12.8. The second-order valence-corrected chi connectivity index (χ2v) is 8.08. The number of aryl methyl sites for hydroxylation is 1. The van der Waals surface area contributed by atoms with E-state index in [0.717, 1.165) is 43.4 Å². The number of ether oxygens (including phenoxy) is 1. The van der Waals surface area contributed by atoms with Crippen LogP contribution >= 0.6 is 24.0 Å². The predicted molar refractivity (Wildman–Crippen MR) is 140 cm³/mol. The number of carbonyl (C=O) groups is 1. The molecule has 0 saturated carbocycles. The van der Waals surface area contributed by atoms with Crippen molar-refractivity contribution in [1.82, 2.24) is 30.3 Å². The SMILES string of the molecule is CCNC(=NCc1ccc(C(=O)N2CC(C)OC(C)C2)cc1)NCCn1cnnc1CC.I. The summed E-state index contributed by atoms with van der Waals surface area (Å²) in [5.74, 6) is 1.79. The lowest BCUT2D eigenvalue weighted by Crippen LogP contribution is -2.48. The molecule has 33 heavy (non-hydrogen) atoms. The Bertz CT molecular complexity index is 890. The number of hydrogen-bond acceptors (Lipinski definition) is 5. The van der Waals surface area contributed by atoms with Gasteiger partial charge in [0.15, 0.2) is 5.96 Å². The molecule has 1 amide bonds. The third-order valence-corrected chi connectivity index (χ3v) is 5.33. The molecule has 9 nitrogen and oxygen atoms in total. The standard InChI is InChI=1S/C23H35N7O2.HI/c1-5-21-28-27-16-29(21)12-11-25-23(24-6-2)26-13-19-7-9-20(10-8-19)22(31)30-14-17(3)32-18(4)15-30;/h7-10,16-18H,5-6,11-15H2,1-4H3,(H2,24,25,26);1H. The van der Waals surface area contributed by atoms with E-state index in [2.05, 4.69) is 32.7 Å². The zero-order chi connectivity index (χ0) is 22.9. The lowest BCUT2D eigenvalue weighted by atomic mass is 10.1. The van der Waals surface area contributed by atoms with Gasteiger partial charge in [0.2, 0.25) is 0 Å². The number of morpholine rings is 1. The number of aliphatic imine (C=N–C) groups is 1. The quantitative estimate of drug-likeness (QED) is 0.288. The van der Waals surface area contributed by atoms with Crippen molar-refractivity contribution >= 4 is 35.8 Å². The highest BCUT2D eigenvalue weighted by Crippen LogP contribution is 2.15. The minimum Gasteiger partial charge on any atom is -0.372 e. The fourth-order valence-electron chi connectivity index (χ4n) is 3.83. The number of aromatic nitrogens is 3. The number of halogens is 1. The minimum atomic E-state index is 0. The molecule has 10 heteroatoms. The third kappa shape index (κ3) is 7.95. The Balaban J connectivity index is 0.00000385. The third-order valence-electron chi connectivity index (χ3n) is 5.33. The highest BCUT2D eigenvalue weighted by molar-refractivity contribution is 14.0. The molecular formula is C23H36IN7O2. The average Bonchev–Trinajstić information content (AvgIpc) is 3.24. The molecule has 182 valence electrons. The molecule has 1 aliphatic heterocycles. The van der Waals surface area contributed by atoms with E-state index in [1.165, 1.54) is 0 Å². The normalized spacial score (nSPS) is 18.5. The highest BCUT2D eigenvalue weighted by atomic mass is 127. The fourth-order valence-corrected chi connectivity index (χ4v) is 3.83. The van der Waals surface area contributed by atoms with Crippen LogP contribution in [-0.4, -0.2) is 69.9 Å². The van der Waals surface area contributed by atoms with E-state index in [9.17, 15) is 4.79 Å². The lowest BCUT2D eigenvalue weighted by Gasteiger charge is -2.35. The summed E-state index contributed by atoms with van der Waals surface area (Å²) in [6.07, 6.45) is 2.74. The number of amides is 1. The highest BCUT2D eigenvalue weighted by Gasteiger charge is 2.26. The predicted octanol–water partition coefficient (Wildman–Crippen LogP) is 2.46. The van der Waals surface area contributed by atoms with Crippen LogP contribution < -0.4 is 10.6 Å². The van der Waals surface area contributed by atoms with Gasteiger partial charge in [0.25, 0.3) is 5.91 Å². The van der Waals surface area contributed by atoms with Crippen molar-refractivity contribution in [1.29, 1.82) is 0 Å². The van der Waals surface area contributed by atoms with Gasteiger partial charge < -0.3 is 24.8 Å². The van der Waals surface area contributed by atoms with Gasteiger partial charge in [-0.05, 0) is 38.5 Å². The number of nitrogens with one attached hydrogen (secondary N) is 2. The number of benzene rings is 1. The molecule has 1 aromatic carbocycles. The Kier molecular flexibility index (Phi) is 11.0. The number of nitrogens with zero attached hydrogens (tertiary/aromatic N) is 5. The van der Waals surface area contributed by atoms with Crippen molar-refractivity contribution in [2.45, 2.75) is 59.4 Å². The zero-order valence-corrected chi connectivity index (χ0v) is 22.3. The Morgan fingerprint density at radius 3 is 2.48 bits per heavy atom. The minimum absolute atomic E-state index is 0. The summed E-state index contributed by atoms with van der Waals surface area (Å²) in [6.45, 7) is 12.2. The van der Waals surface area contributed by atoms with Gasteiger partial charge in [0, 0.05) is 44.7 Å². The van der Waals surface area contributed by atoms with E-state index < -0.39 is 0 Å². The maximum Gasteiger partial charge on any atom is 0.254 e. The lowest BCUT2D eigenvalue weighted by molar-refractivity contribution is -0.0586. The van der Waals surface area contributed by atoms with Crippen molar-refractivity contribution in [2.24, 2.45) is 4.99 Å². The zero-order valence-electron chi connectivity index (χ0n) is 20.0. The largest absolute Gasteiger partial charge is 0.372 e. The van der Waals surface area contributed by atoms with Crippen LogP contribution in [-0.2, 0) is 24.2 Å². The molecule has 1 fully saturated rings. The Labute approximate surface area is 213 Å². The summed E-state index contributed by atoms with van der Waals surface area (Å²) in [5, 5.41) is 14.7. The Morgan fingerprint density at radius 1 is 1.15 bits per heavy atom. The van der Waals surface area contributed by atoms with Gasteiger partial charge in [-0.3, -0.25) is 4.79 Å². The van der Waals surface area contributed by atoms with Crippen molar-refractivity contribution in [3.8, 4) is 0 Å². The van der Waals surface area contributed by atoms with E-state index in [1.54, 1.807) is 6.33 Å². The van der Waals surface area contributed by atoms with E-state index in [0.29, 0.717) is 25.2 Å². The van der Waals surface area contributed by atoms with Crippen LogP contribution in [0.2, 0.25) is 0 Å². The first kappa shape index (κ1) is 27.0. The van der Waals surface area contributed by atoms with Crippen molar-refractivity contribution in [3.05, 3.63) is 47.5 Å². The topological polar surface area (TPSA) is 96.7 Å². The van der Waals surface area contributed by atoms with Crippen LogP contribution in [0.25, 0.3) is 0 Å². The number of guanidine groups is 1. The molecule has 2 atom stereocenters. The van der Waals surface area contributed by atoms with Gasteiger partial charge in [-0.1, -0.05) is 19.1 Å². The second kappa shape index (κ2) is 13.5. The van der Waals surface area contributed by atoms with E-state index in [-0.39, 0.29) is 42.1 Å². The monoisotopic (exact) mass is 569 g/mol. The summed E-state index contributed by atoms with van der Waals surface area (Å²) in [6, 6.07) is 7.71. The first-order valence-electron chi connectivity index (χ1n) is 11.4. The molecule has 2 aromatic rings. The molecule has 3 rings (SSSR count). The molecule has 1 saturated heterocycles. The van der Waals surface area contributed by atoms with Gasteiger partial charge >= 0.3 is 0 Å². The van der Waals surface area contributed by atoms with Gasteiger partial charge in [-0.15, -0.1) is 34.2 Å². The van der Waals surface area contributed by atoms with Gasteiger partial charge in [0.05, 0.1) is 18.8 Å². The van der Waals surface area contributed by atoms with Crippen LogP contribution in [0.3, 0.4) is 0 Å². The maximum absolute atomic E-state index is 12.8. The van der Waals surface area contributed by atoms with Crippen LogP contribution in [0, 0.1) is 0 Å². The summed E-state index contributed by atoms with van der Waals surface area (Å²) in [7, 11) is 0. The molecule has 0 spiro atoms. The summed E-state index contributed by atoms with van der Waals surface area (Å²) in [5.41, 5.74) is 1.75. The Hall–Kier alpha value is -2.21. The van der Waals surface area contributed by atoms with Gasteiger partial charge in [-0.2, -0.15) is 0 Å². The smallest absolute Gasteiger partial charge is 0.254 e. The number of hydrogen-bond donors (Lipinski definition) is 2. The van der Waals surface area contributed by atoms with Crippen molar-refractivity contribution < 1.29 is 9.53 Å². The molecule has 0 bridgehead atoms. The molecule has 2 N–H and O–H groups in total. The number of carbonyl (C=O) groups excluding carboxylic acids is 1. The van der Waals surface area contributed by atoms with E-state index in [4.69, 9.17) is 4.74 Å². The molecule has 1 aromatic heterocycles. The summed E-state index contributed by atoms with van der Waals surface area (Å²) in [4.78, 5) is 19.4. The van der Waals surface area contributed by atoms with Crippen LogP contribution in [0.5, 0.6) is 0 Å². The first-order chi connectivity index (χ1) is 15.5. The molecule has 0 aliphatic carbocycles. The van der Waals surface area contributed by atoms with Crippen molar-refractivity contribution in [3.63, 3.8) is 0 Å². The van der Waals surface area contributed by atoms with Crippen LogP contribution in [0.15, 0.2) is 35.6 Å². The average molecular weight is 569 g/mol. The molecule has 2 heterocycles. The first-order valence-corrected chi connectivity index (χ1v) is 11.4. The van der Waals surface area contributed by atoms with Gasteiger partial charge in [-0.25, -0.2) is 4.99 Å². The second-order valence-electron chi connectivity index (χ2n) is 8.08. The fraction of sp³-hybridized carbons (Fsp3) is 0.565. The molecule has 1 aliphatic rings. The Morgan fingerprint density at radius 2 is 1.85 bits per heavy atom. The van der Waals surface area contributed by atoms with Crippen LogP contribution in [0.4, 0.5) is 0 Å². The number of rotatable bonds is 8. The summed E-state index contributed by atoms with van der Waals surface area (Å²) < 4.78 is 7.77. The molecule has 0 radical (unpaired) electrons. The van der Waals surface area contributed by atoms with Gasteiger partial charge in [0.1, 0.15) is 12.2 Å². The van der Waals surface area contributed by atoms with E-state index >= 15 is 0 Å². The van der Waals surface area contributed by atoms with Crippen molar-refractivity contribution in [2.75, 3.05) is 26.2 Å². The summed E-state index contributed by atoms with van der Waals surface area (Å²) >= 11 is 0. The molecular weight excluding hydrogens is 533 g/mol.